The van der Waals surface area contributed by atoms with E-state index in [2.05, 4.69) is 11.9 Å². The molecule has 21 heavy (non-hydrogen) atoms. The van der Waals surface area contributed by atoms with Crippen LogP contribution in [0.25, 0.3) is 0 Å². The summed E-state index contributed by atoms with van der Waals surface area (Å²) in [6.07, 6.45) is 2.52. The van der Waals surface area contributed by atoms with Gasteiger partial charge >= 0.3 is 0 Å². The third-order valence-electron chi connectivity index (χ3n) is 4.06. The highest BCUT2D eigenvalue weighted by atomic mass is 16.2. The van der Waals surface area contributed by atoms with Gasteiger partial charge in [-0.15, -0.1) is 6.58 Å². The van der Waals surface area contributed by atoms with Crippen molar-refractivity contribution < 1.29 is 9.59 Å². The third kappa shape index (κ3) is 2.99. The molecule has 2 rings (SSSR count). The highest BCUT2D eigenvalue weighted by Gasteiger charge is 2.42. The lowest BCUT2D eigenvalue weighted by Gasteiger charge is -2.41. The van der Waals surface area contributed by atoms with Gasteiger partial charge in [0.1, 0.15) is 12.1 Å². The molecule has 2 amide bonds. The Kier molecular flexibility index (Phi) is 4.78. The molecule has 4 nitrogen and oxygen atoms in total. The number of nitrogens with zero attached hydrogens (tertiary/aromatic N) is 1. The first kappa shape index (κ1) is 15.3. The van der Waals surface area contributed by atoms with E-state index in [1.54, 1.807) is 11.0 Å². The van der Waals surface area contributed by atoms with E-state index in [9.17, 15) is 9.59 Å². The van der Waals surface area contributed by atoms with Crippen LogP contribution in [0.15, 0.2) is 43.0 Å². The molecule has 1 aromatic rings. The van der Waals surface area contributed by atoms with Crippen molar-refractivity contribution in [1.82, 2.24) is 10.2 Å². The lowest BCUT2D eigenvalue weighted by molar-refractivity contribution is -0.151. The van der Waals surface area contributed by atoms with Crippen molar-refractivity contribution >= 4 is 11.8 Å². The second kappa shape index (κ2) is 6.57. The Morgan fingerprint density at radius 1 is 1.33 bits per heavy atom. The highest BCUT2D eigenvalue weighted by molar-refractivity contribution is 5.97. The molecule has 1 aromatic carbocycles. The standard InChI is InChI=1S/C17H22N2O2/c1-4-11-19-15(12(3)5-2)16(20)18-14(17(19)21)13-9-7-6-8-10-13/h4,6-10,12,14-15H,1,5,11H2,2-3H3,(H,18,20). The molecular weight excluding hydrogens is 264 g/mol. The zero-order valence-corrected chi connectivity index (χ0v) is 12.6. The topological polar surface area (TPSA) is 49.4 Å². The van der Waals surface area contributed by atoms with Gasteiger partial charge in [0.15, 0.2) is 0 Å². The van der Waals surface area contributed by atoms with Crippen LogP contribution in [-0.2, 0) is 9.59 Å². The molecule has 112 valence electrons. The van der Waals surface area contributed by atoms with Crippen LogP contribution in [-0.4, -0.2) is 29.3 Å². The quantitative estimate of drug-likeness (QED) is 0.844. The van der Waals surface area contributed by atoms with Crippen LogP contribution in [0.1, 0.15) is 31.9 Å². The number of amides is 2. The van der Waals surface area contributed by atoms with Crippen LogP contribution in [0.4, 0.5) is 0 Å². The Balaban J connectivity index is 2.33. The van der Waals surface area contributed by atoms with Crippen molar-refractivity contribution in [1.29, 1.82) is 0 Å². The summed E-state index contributed by atoms with van der Waals surface area (Å²) >= 11 is 0. The second-order valence-electron chi connectivity index (χ2n) is 5.46. The van der Waals surface area contributed by atoms with Crippen LogP contribution >= 0.6 is 0 Å². The minimum atomic E-state index is -0.598. The smallest absolute Gasteiger partial charge is 0.250 e. The van der Waals surface area contributed by atoms with Gasteiger partial charge in [-0.1, -0.05) is 56.7 Å². The van der Waals surface area contributed by atoms with E-state index in [4.69, 9.17) is 0 Å². The SMILES string of the molecule is C=CCN1C(=O)C(c2ccccc2)NC(=O)C1C(C)CC. The van der Waals surface area contributed by atoms with Gasteiger partial charge in [-0.3, -0.25) is 9.59 Å². The molecule has 0 radical (unpaired) electrons. The Morgan fingerprint density at radius 3 is 2.57 bits per heavy atom. The largest absolute Gasteiger partial charge is 0.339 e. The van der Waals surface area contributed by atoms with E-state index in [-0.39, 0.29) is 17.7 Å². The van der Waals surface area contributed by atoms with Crippen LogP contribution in [0.5, 0.6) is 0 Å². The first-order valence-electron chi connectivity index (χ1n) is 7.36. The van der Waals surface area contributed by atoms with Crippen molar-refractivity contribution in [2.24, 2.45) is 5.92 Å². The van der Waals surface area contributed by atoms with Crippen molar-refractivity contribution in [3.8, 4) is 0 Å². The molecule has 1 aliphatic rings. The van der Waals surface area contributed by atoms with Gasteiger partial charge in [0, 0.05) is 6.54 Å². The summed E-state index contributed by atoms with van der Waals surface area (Å²) in [7, 11) is 0. The Hall–Kier alpha value is -2.10. The van der Waals surface area contributed by atoms with Crippen LogP contribution in [0.2, 0.25) is 0 Å². The first-order chi connectivity index (χ1) is 10.1. The molecule has 3 atom stereocenters. The van der Waals surface area contributed by atoms with E-state index in [1.807, 2.05) is 44.2 Å². The normalized spacial score (nSPS) is 23.6. The summed E-state index contributed by atoms with van der Waals surface area (Å²) < 4.78 is 0. The maximum Gasteiger partial charge on any atom is 0.250 e. The molecule has 0 spiro atoms. The summed E-state index contributed by atoms with van der Waals surface area (Å²) in [6, 6.07) is 8.33. The van der Waals surface area contributed by atoms with Crippen LogP contribution < -0.4 is 5.32 Å². The van der Waals surface area contributed by atoms with E-state index < -0.39 is 12.1 Å². The molecule has 3 unspecified atom stereocenters. The third-order valence-corrected chi connectivity index (χ3v) is 4.06. The maximum atomic E-state index is 12.8. The van der Waals surface area contributed by atoms with Crippen LogP contribution in [0, 0.1) is 5.92 Å². The van der Waals surface area contributed by atoms with Crippen molar-refractivity contribution in [3.05, 3.63) is 48.6 Å². The fourth-order valence-electron chi connectivity index (χ4n) is 2.74. The predicted octanol–water partition coefficient (Wildman–Crippen LogP) is 2.29. The fraction of sp³-hybridized carbons (Fsp3) is 0.412. The number of rotatable bonds is 5. The monoisotopic (exact) mass is 286 g/mol. The number of carbonyl (C=O) groups is 2. The summed E-state index contributed by atoms with van der Waals surface area (Å²) in [6.45, 7) is 8.12. The molecule has 1 aliphatic heterocycles. The molecular formula is C17H22N2O2. The van der Waals surface area contributed by atoms with Gasteiger partial charge < -0.3 is 10.2 Å². The lowest BCUT2D eigenvalue weighted by Crippen LogP contribution is -2.61. The van der Waals surface area contributed by atoms with E-state index in [0.717, 1.165) is 12.0 Å². The first-order valence-corrected chi connectivity index (χ1v) is 7.36. The summed E-state index contributed by atoms with van der Waals surface area (Å²) in [5, 5.41) is 2.87. The fourth-order valence-corrected chi connectivity index (χ4v) is 2.74. The second-order valence-corrected chi connectivity index (χ2v) is 5.46. The van der Waals surface area contributed by atoms with E-state index in [0.29, 0.717) is 6.54 Å². The maximum absolute atomic E-state index is 12.8. The molecule has 1 N–H and O–H groups in total. The molecule has 0 bridgehead atoms. The Bertz CT molecular complexity index is 527. The van der Waals surface area contributed by atoms with Gasteiger partial charge in [-0.2, -0.15) is 0 Å². The van der Waals surface area contributed by atoms with Gasteiger partial charge in [-0.25, -0.2) is 0 Å². The zero-order chi connectivity index (χ0) is 15.4. The van der Waals surface area contributed by atoms with Gasteiger partial charge in [0.05, 0.1) is 0 Å². The summed E-state index contributed by atoms with van der Waals surface area (Å²) in [5.41, 5.74) is 0.813. The van der Waals surface area contributed by atoms with E-state index in [1.165, 1.54) is 0 Å². The molecule has 1 saturated heterocycles. The number of hydrogen-bond acceptors (Lipinski definition) is 2. The average Bonchev–Trinajstić information content (AvgIpc) is 2.51. The molecule has 1 heterocycles. The molecule has 0 aliphatic carbocycles. The molecule has 1 fully saturated rings. The number of piperazine rings is 1. The average molecular weight is 286 g/mol. The Morgan fingerprint density at radius 2 is 2.00 bits per heavy atom. The number of nitrogens with one attached hydrogen (secondary N) is 1. The van der Waals surface area contributed by atoms with Gasteiger partial charge in [0.25, 0.3) is 5.91 Å². The Labute approximate surface area is 125 Å². The zero-order valence-electron chi connectivity index (χ0n) is 12.6. The molecule has 0 aromatic heterocycles. The van der Waals surface area contributed by atoms with Crippen molar-refractivity contribution in [2.45, 2.75) is 32.4 Å². The van der Waals surface area contributed by atoms with Gasteiger partial charge in [-0.05, 0) is 11.5 Å². The van der Waals surface area contributed by atoms with Crippen LogP contribution in [0.3, 0.4) is 0 Å². The van der Waals surface area contributed by atoms with E-state index >= 15 is 0 Å². The predicted molar refractivity (Wildman–Crippen MR) is 82.5 cm³/mol. The lowest BCUT2D eigenvalue weighted by atomic mass is 9.91. The molecule has 0 saturated carbocycles. The number of carbonyl (C=O) groups excluding carboxylic acids is 2. The molecule has 4 heteroatoms. The minimum absolute atomic E-state index is 0.0639. The van der Waals surface area contributed by atoms with Crippen molar-refractivity contribution in [3.63, 3.8) is 0 Å². The van der Waals surface area contributed by atoms with Crippen molar-refractivity contribution in [2.75, 3.05) is 6.54 Å². The summed E-state index contributed by atoms with van der Waals surface area (Å²) in [5.74, 6) is -0.0312. The highest BCUT2D eigenvalue weighted by Crippen LogP contribution is 2.26. The van der Waals surface area contributed by atoms with Gasteiger partial charge in [0.2, 0.25) is 5.91 Å². The number of benzene rings is 1. The summed E-state index contributed by atoms with van der Waals surface area (Å²) in [4.78, 5) is 26.9. The minimum Gasteiger partial charge on any atom is -0.339 e. The number of hydrogen-bond donors (Lipinski definition) is 1.